The maximum Gasteiger partial charge on any atom is 0.317 e. The summed E-state index contributed by atoms with van der Waals surface area (Å²) in [6, 6.07) is 0.141. The molecule has 0 spiro atoms. The summed E-state index contributed by atoms with van der Waals surface area (Å²) in [4.78, 5) is 27.2. The third-order valence-corrected chi connectivity index (χ3v) is 4.45. The van der Waals surface area contributed by atoms with Gasteiger partial charge < -0.3 is 15.3 Å². The molecule has 21 heavy (non-hydrogen) atoms. The summed E-state index contributed by atoms with van der Waals surface area (Å²) in [7, 11) is 1.80. The van der Waals surface area contributed by atoms with Crippen LogP contribution in [0.2, 0.25) is 0 Å². The molecule has 3 unspecified atom stereocenters. The van der Waals surface area contributed by atoms with Crippen LogP contribution in [0.3, 0.4) is 0 Å². The number of hydrogen-bond donors (Lipinski definition) is 2. The Labute approximate surface area is 125 Å². The lowest BCUT2D eigenvalue weighted by atomic mass is 10.1. The van der Waals surface area contributed by atoms with Crippen LogP contribution in [-0.4, -0.2) is 65.7 Å². The van der Waals surface area contributed by atoms with Crippen molar-refractivity contribution in [3.05, 3.63) is 12.2 Å². The van der Waals surface area contributed by atoms with Crippen LogP contribution in [0.25, 0.3) is 0 Å². The number of carbonyl (C=O) groups excluding carboxylic acids is 1. The molecule has 1 fully saturated rings. The van der Waals surface area contributed by atoms with Crippen LogP contribution >= 0.6 is 0 Å². The maximum absolute atomic E-state index is 12.2. The molecule has 1 saturated heterocycles. The average molecular weight is 295 g/mol. The minimum absolute atomic E-state index is 0.126. The largest absolute Gasteiger partial charge is 0.481 e. The first-order valence-corrected chi connectivity index (χ1v) is 7.68. The summed E-state index contributed by atoms with van der Waals surface area (Å²) in [5.41, 5.74) is 0. The van der Waals surface area contributed by atoms with Gasteiger partial charge in [0.05, 0.1) is 12.0 Å². The topological polar surface area (TPSA) is 72.9 Å². The Morgan fingerprint density at radius 3 is 2.81 bits per heavy atom. The van der Waals surface area contributed by atoms with Gasteiger partial charge in [0.1, 0.15) is 0 Å². The standard InChI is InChI=1S/C15H25N3O3/c1-3-18-8-4-5-13(18)10-17(2)15(21)16-12-7-6-11(9-12)14(19)20/h6-7,11-13H,3-5,8-10H2,1-2H3,(H,16,21)(H,19,20). The van der Waals surface area contributed by atoms with Crippen LogP contribution in [0.1, 0.15) is 26.2 Å². The second-order valence-electron chi connectivity index (χ2n) is 5.93. The molecule has 1 aliphatic heterocycles. The van der Waals surface area contributed by atoms with Gasteiger partial charge in [0.25, 0.3) is 0 Å². The first-order chi connectivity index (χ1) is 10.0. The van der Waals surface area contributed by atoms with Gasteiger partial charge in [-0.2, -0.15) is 0 Å². The van der Waals surface area contributed by atoms with Gasteiger partial charge in [-0.15, -0.1) is 0 Å². The highest BCUT2D eigenvalue weighted by molar-refractivity contribution is 5.76. The number of hydrogen-bond acceptors (Lipinski definition) is 3. The number of carboxylic acids is 1. The van der Waals surface area contributed by atoms with Crippen LogP contribution in [0.15, 0.2) is 12.2 Å². The van der Waals surface area contributed by atoms with Gasteiger partial charge in [-0.25, -0.2) is 4.79 Å². The Hall–Kier alpha value is -1.56. The van der Waals surface area contributed by atoms with Gasteiger partial charge >= 0.3 is 12.0 Å². The van der Waals surface area contributed by atoms with Crippen LogP contribution in [0.4, 0.5) is 4.79 Å². The first kappa shape index (κ1) is 15.8. The molecular weight excluding hydrogens is 270 g/mol. The number of amides is 2. The van der Waals surface area contributed by atoms with Crippen molar-refractivity contribution < 1.29 is 14.7 Å². The number of carboxylic acid groups (broad SMARTS) is 1. The molecule has 0 aromatic heterocycles. The fourth-order valence-corrected chi connectivity index (χ4v) is 3.18. The monoisotopic (exact) mass is 295 g/mol. The Kier molecular flexibility index (Phi) is 5.22. The lowest BCUT2D eigenvalue weighted by Crippen LogP contribution is -2.47. The van der Waals surface area contributed by atoms with Crippen LogP contribution in [0.5, 0.6) is 0 Å². The fraction of sp³-hybridized carbons (Fsp3) is 0.733. The zero-order chi connectivity index (χ0) is 15.4. The molecule has 3 atom stereocenters. The number of likely N-dealkylation sites (N-methyl/N-ethyl adjacent to an activating group) is 2. The molecule has 6 heteroatoms. The zero-order valence-corrected chi connectivity index (χ0v) is 12.8. The number of carbonyl (C=O) groups is 2. The number of rotatable bonds is 5. The van der Waals surface area contributed by atoms with E-state index in [0.717, 1.165) is 26.1 Å². The van der Waals surface area contributed by atoms with Gasteiger partial charge in [-0.05, 0) is 32.4 Å². The van der Waals surface area contributed by atoms with E-state index >= 15 is 0 Å². The summed E-state index contributed by atoms with van der Waals surface area (Å²) < 4.78 is 0. The SMILES string of the molecule is CCN1CCCC1CN(C)C(=O)NC1C=CC(C(=O)O)C1. The van der Waals surface area contributed by atoms with Gasteiger partial charge in [0.15, 0.2) is 0 Å². The molecule has 2 rings (SSSR count). The highest BCUT2D eigenvalue weighted by Gasteiger charge is 2.28. The lowest BCUT2D eigenvalue weighted by Gasteiger charge is -2.28. The first-order valence-electron chi connectivity index (χ1n) is 7.68. The van der Waals surface area contributed by atoms with Crippen LogP contribution in [-0.2, 0) is 4.79 Å². The average Bonchev–Trinajstić information content (AvgIpc) is 3.07. The Morgan fingerprint density at radius 2 is 2.19 bits per heavy atom. The number of nitrogens with one attached hydrogen (secondary N) is 1. The fourth-order valence-electron chi connectivity index (χ4n) is 3.18. The summed E-state index contributed by atoms with van der Waals surface area (Å²) in [6.45, 7) is 5.00. The van der Waals surface area contributed by atoms with E-state index in [1.165, 1.54) is 6.42 Å². The van der Waals surface area contributed by atoms with E-state index in [-0.39, 0.29) is 12.1 Å². The highest BCUT2D eigenvalue weighted by atomic mass is 16.4. The van der Waals surface area contributed by atoms with Crippen molar-refractivity contribution in [1.82, 2.24) is 15.1 Å². The summed E-state index contributed by atoms with van der Waals surface area (Å²) >= 11 is 0. The number of aliphatic carboxylic acids is 1. The zero-order valence-electron chi connectivity index (χ0n) is 12.8. The second-order valence-corrected chi connectivity index (χ2v) is 5.93. The Balaban J connectivity index is 1.78. The predicted octanol–water partition coefficient (Wildman–Crippen LogP) is 1.14. The minimum Gasteiger partial charge on any atom is -0.481 e. The normalized spacial score (nSPS) is 28.8. The lowest BCUT2D eigenvalue weighted by molar-refractivity contribution is -0.140. The summed E-state index contributed by atoms with van der Waals surface area (Å²) in [5, 5.41) is 11.8. The van der Waals surface area contributed by atoms with Gasteiger partial charge in [-0.3, -0.25) is 9.69 Å². The van der Waals surface area contributed by atoms with E-state index in [4.69, 9.17) is 5.11 Å². The van der Waals surface area contributed by atoms with Crippen molar-refractivity contribution in [3.8, 4) is 0 Å². The van der Waals surface area contributed by atoms with Crippen molar-refractivity contribution >= 4 is 12.0 Å². The molecule has 0 saturated carbocycles. The molecule has 2 N–H and O–H groups in total. The second kappa shape index (κ2) is 6.93. The van der Waals surface area contributed by atoms with Crippen molar-refractivity contribution in [2.24, 2.45) is 5.92 Å². The molecule has 0 aromatic carbocycles. The third kappa shape index (κ3) is 3.97. The quantitative estimate of drug-likeness (QED) is 0.746. The van der Waals surface area contributed by atoms with Gasteiger partial charge in [0.2, 0.25) is 0 Å². The van der Waals surface area contributed by atoms with E-state index in [2.05, 4.69) is 17.1 Å². The van der Waals surface area contributed by atoms with Gasteiger partial charge in [0, 0.05) is 19.6 Å². The van der Waals surface area contributed by atoms with Gasteiger partial charge in [-0.1, -0.05) is 19.1 Å². The predicted molar refractivity (Wildman–Crippen MR) is 80.1 cm³/mol. The molecule has 0 aromatic rings. The van der Waals surface area contributed by atoms with E-state index in [1.54, 1.807) is 24.1 Å². The Morgan fingerprint density at radius 1 is 1.43 bits per heavy atom. The molecule has 1 heterocycles. The molecule has 2 amide bonds. The van der Waals surface area contributed by atoms with Crippen molar-refractivity contribution in [3.63, 3.8) is 0 Å². The van der Waals surface area contributed by atoms with E-state index in [0.29, 0.717) is 12.5 Å². The molecule has 1 aliphatic carbocycles. The van der Waals surface area contributed by atoms with Crippen LogP contribution in [0, 0.1) is 5.92 Å². The van der Waals surface area contributed by atoms with Crippen molar-refractivity contribution in [1.29, 1.82) is 0 Å². The molecule has 0 bridgehead atoms. The molecular formula is C15H25N3O3. The Bertz CT molecular complexity index is 424. The van der Waals surface area contributed by atoms with E-state index in [9.17, 15) is 9.59 Å². The van der Waals surface area contributed by atoms with Crippen LogP contribution < -0.4 is 5.32 Å². The third-order valence-electron chi connectivity index (χ3n) is 4.45. The molecule has 2 aliphatic rings. The van der Waals surface area contributed by atoms with Crippen molar-refractivity contribution in [2.75, 3.05) is 26.7 Å². The van der Waals surface area contributed by atoms with E-state index in [1.807, 2.05) is 0 Å². The highest BCUT2D eigenvalue weighted by Crippen LogP contribution is 2.19. The maximum atomic E-state index is 12.2. The number of urea groups is 1. The number of likely N-dealkylation sites (tertiary alicyclic amines) is 1. The van der Waals surface area contributed by atoms with Crippen molar-refractivity contribution in [2.45, 2.75) is 38.3 Å². The number of nitrogens with zero attached hydrogens (tertiary/aromatic N) is 2. The molecule has 118 valence electrons. The van der Waals surface area contributed by atoms with E-state index < -0.39 is 11.9 Å². The molecule has 0 radical (unpaired) electrons. The summed E-state index contributed by atoms with van der Waals surface area (Å²) in [6.07, 6.45) is 6.20. The minimum atomic E-state index is -0.833. The molecule has 6 nitrogen and oxygen atoms in total. The smallest absolute Gasteiger partial charge is 0.317 e. The summed E-state index contributed by atoms with van der Waals surface area (Å²) in [5.74, 6) is -1.31.